The molecular weight excluding hydrogens is 479 g/mol. The standard InChI is InChI=1S/C29H22ClFN2O3/c1-2-35-27-16-20(14-23(17-32)29(34)33-26-10-6-5-9-25(26)31)15-24(30)28(27)36-18-19-11-12-21-7-3-4-8-22(21)13-19/h3-16H,2,18H2,1H3,(H,33,34)/b23-14-. The van der Waals surface area contributed by atoms with Crippen LogP contribution in [0.15, 0.2) is 84.4 Å². The fraction of sp³-hybridized carbons (Fsp3) is 0.103. The summed E-state index contributed by atoms with van der Waals surface area (Å²) in [6.07, 6.45) is 1.36. The van der Waals surface area contributed by atoms with E-state index < -0.39 is 11.7 Å². The van der Waals surface area contributed by atoms with E-state index in [9.17, 15) is 14.4 Å². The van der Waals surface area contributed by atoms with Crippen molar-refractivity contribution in [1.82, 2.24) is 0 Å². The maximum atomic E-state index is 13.9. The molecule has 0 aromatic heterocycles. The Hall–Kier alpha value is -4.34. The number of hydrogen-bond donors (Lipinski definition) is 1. The van der Waals surface area contributed by atoms with Crippen molar-refractivity contribution >= 4 is 40.0 Å². The van der Waals surface area contributed by atoms with Crippen LogP contribution < -0.4 is 14.8 Å². The molecule has 0 fully saturated rings. The third-order valence-corrected chi connectivity index (χ3v) is 5.61. The smallest absolute Gasteiger partial charge is 0.266 e. The number of halogens is 2. The van der Waals surface area contributed by atoms with Crippen LogP contribution in [0.2, 0.25) is 5.02 Å². The highest BCUT2D eigenvalue weighted by molar-refractivity contribution is 6.32. The van der Waals surface area contributed by atoms with Gasteiger partial charge in [0.15, 0.2) is 11.5 Å². The third-order valence-electron chi connectivity index (χ3n) is 5.33. The second-order valence-corrected chi connectivity index (χ2v) is 8.24. The van der Waals surface area contributed by atoms with Gasteiger partial charge in [-0.1, -0.05) is 60.1 Å². The Labute approximate surface area is 213 Å². The molecule has 1 amide bonds. The van der Waals surface area contributed by atoms with E-state index in [1.54, 1.807) is 18.2 Å². The predicted octanol–water partition coefficient (Wildman–Crippen LogP) is 7.16. The average Bonchev–Trinajstić information content (AvgIpc) is 2.88. The van der Waals surface area contributed by atoms with Crippen LogP contribution in [0.25, 0.3) is 16.8 Å². The molecule has 0 aliphatic carbocycles. The highest BCUT2D eigenvalue weighted by atomic mass is 35.5. The molecule has 0 spiro atoms. The number of ether oxygens (including phenoxy) is 2. The fourth-order valence-corrected chi connectivity index (χ4v) is 3.90. The summed E-state index contributed by atoms with van der Waals surface area (Å²) in [7, 11) is 0. The van der Waals surface area contributed by atoms with E-state index >= 15 is 0 Å². The molecule has 0 unspecified atom stereocenters. The molecule has 0 bridgehead atoms. The van der Waals surface area contributed by atoms with Crippen molar-refractivity contribution < 1.29 is 18.7 Å². The first-order valence-corrected chi connectivity index (χ1v) is 11.6. The van der Waals surface area contributed by atoms with Gasteiger partial charge in [0.05, 0.1) is 17.3 Å². The van der Waals surface area contributed by atoms with Gasteiger partial charge in [0.2, 0.25) is 0 Å². The number of fused-ring (bicyclic) bond motifs is 1. The van der Waals surface area contributed by atoms with Crippen molar-refractivity contribution in [2.75, 3.05) is 11.9 Å². The van der Waals surface area contributed by atoms with Crippen LogP contribution in [0.4, 0.5) is 10.1 Å². The van der Waals surface area contributed by atoms with E-state index in [1.165, 1.54) is 24.3 Å². The molecule has 180 valence electrons. The lowest BCUT2D eigenvalue weighted by atomic mass is 10.1. The summed E-state index contributed by atoms with van der Waals surface area (Å²) in [6, 6.07) is 24.9. The van der Waals surface area contributed by atoms with Gasteiger partial charge in [0.1, 0.15) is 24.1 Å². The zero-order valence-electron chi connectivity index (χ0n) is 19.4. The lowest BCUT2D eigenvalue weighted by Gasteiger charge is -2.15. The SMILES string of the molecule is CCOc1cc(/C=C(/C#N)C(=O)Nc2ccccc2F)cc(Cl)c1OCc1ccc2ccccc2c1. The van der Waals surface area contributed by atoms with E-state index in [0.717, 1.165) is 16.3 Å². The molecular formula is C29H22ClFN2O3. The Morgan fingerprint density at radius 2 is 1.78 bits per heavy atom. The number of amides is 1. The van der Waals surface area contributed by atoms with Crippen molar-refractivity contribution in [3.63, 3.8) is 0 Å². The quantitative estimate of drug-likeness (QED) is 0.206. The van der Waals surface area contributed by atoms with Crippen molar-refractivity contribution in [3.05, 3.63) is 106 Å². The van der Waals surface area contributed by atoms with Crippen LogP contribution in [-0.4, -0.2) is 12.5 Å². The molecule has 1 N–H and O–H groups in total. The monoisotopic (exact) mass is 500 g/mol. The highest BCUT2D eigenvalue weighted by Gasteiger charge is 2.16. The average molecular weight is 501 g/mol. The number of nitriles is 1. The Bertz CT molecular complexity index is 1490. The van der Waals surface area contributed by atoms with Crippen molar-refractivity contribution in [3.8, 4) is 17.6 Å². The number of nitrogens with one attached hydrogen (secondary N) is 1. The fourth-order valence-electron chi connectivity index (χ4n) is 3.63. The zero-order chi connectivity index (χ0) is 25.5. The summed E-state index contributed by atoms with van der Waals surface area (Å²) in [5, 5.41) is 14.4. The number of para-hydroxylation sites is 1. The largest absolute Gasteiger partial charge is 0.490 e. The van der Waals surface area contributed by atoms with Crippen LogP contribution in [0.1, 0.15) is 18.1 Å². The van der Waals surface area contributed by atoms with Gasteiger partial charge in [0, 0.05) is 0 Å². The Balaban J connectivity index is 1.57. The summed E-state index contributed by atoms with van der Waals surface area (Å²) >= 11 is 6.52. The van der Waals surface area contributed by atoms with E-state index in [4.69, 9.17) is 21.1 Å². The highest BCUT2D eigenvalue weighted by Crippen LogP contribution is 2.38. The molecule has 7 heteroatoms. The Kier molecular flexibility index (Phi) is 7.84. The van der Waals surface area contributed by atoms with Crippen LogP contribution in [0, 0.1) is 17.1 Å². The molecule has 0 saturated carbocycles. The predicted molar refractivity (Wildman–Crippen MR) is 140 cm³/mol. The van der Waals surface area contributed by atoms with Gasteiger partial charge in [-0.25, -0.2) is 4.39 Å². The minimum absolute atomic E-state index is 0.0193. The topological polar surface area (TPSA) is 71.3 Å². The Morgan fingerprint density at radius 1 is 1.03 bits per heavy atom. The van der Waals surface area contributed by atoms with Gasteiger partial charge in [-0.05, 0) is 65.2 Å². The second kappa shape index (κ2) is 11.4. The molecule has 0 aliphatic heterocycles. The number of carbonyl (C=O) groups is 1. The molecule has 5 nitrogen and oxygen atoms in total. The summed E-state index contributed by atoms with van der Waals surface area (Å²) in [5.74, 6) is -0.604. The van der Waals surface area contributed by atoms with Crippen LogP contribution in [0.3, 0.4) is 0 Å². The first-order valence-electron chi connectivity index (χ1n) is 11.2. The van der Waals surface area contributed by atoms with Crippen LogP contribution in [0.5, 0.6) is 11.5 Å². The first-order chi connectivity index (χ1) is 17.5. The maximum absolute atomic E-state index is 13.9. The number of rotatable bonds is 8. The number of anilines is 1. The summed E-state index contributed by atoms with van der Waals surface area (Å²) < 4.78 is 25.6. The first kappa shape index (κ1) is 24.8. The molecule has 4 rings (SSSR count). The number of carbonyl (C=O) groups excluding carboxylic acids is 1. The molecule has 4 aromatic rings. The van der Waals surface area contributed by atoms with Crippen molar-refractivity contribution in [2.45, 2.75) is 13.5 Å². The second-order valence-electron chi connectivity index (χ2n) is 7.84. The summed E-state index contributed by atoms with van der Waals surface area (Å²) in [6.45, 7) is 2.45. The number of benzene rings is 4. The van der Waals surface area contributed by atoms with Crippen molar-refractivity contribution in [2.24, 2.45) is 0 Å². The lowest BCUT2D eigenvalue weighted by molar-refractivity contribution is -0.112. The van der Waals surface area contributed by atoms with Gasteiger partial charge in [-0.3, -0.25) is 4.79 Å². The van der Waals surface area contributed by atoms with Crippen LogP contribution >= 0.6 is 11.6 Å². The van der Waals surface area contributed by atoms with Gasteiger partial charge in [-0.15, -0.1) is 0 Å². The summed E-state index contributed by atoms with van der Waals surface area (Å²) in [5.41, 5.74) is 1.19. The molecule has 0 heterocycles. The maximum Gasteiger partial charge on any atom is 0.266 e. The number of nitrogens with zero attached hydrogens (tertiary/aromatic N) is 1. The molecule has 0 atom stereocenters. The van der Waals surface area contributed by atoms with Gasteiger partial charge in [0.25, 0.3) is 5.91 Å². The minimum Gasteiger partial charge on any atom is -0.490 e. The van der Waals surface area contributed by atoms with Gasteiger partial charge >= 0.3 is 0 Å². The molecule has 0 radical (unpaired) electrons. The molecule has 0 aliphatic rings. The molecule has 4 aromatic carbocycles. The van der Waals surface area contributed by atoms with E-state index in [1.807, 2.05) is 55.5 Å². The van der Waals surface area contributed by atoms with Crippen molar-refractivity contribution in [1.29, 1.82) is 5.26 Å². The zero-order valence-corrected chi connectivity index (χ0v) is 20.2. The van der Waals surface area contributed by atoms with E-state index in [-0.39, 0.29) is 22.9 Å². The van der Waals surface area contributed by atoms with E-state index in [0.29, 0.717) is 23.7 Å². The minimum atomic E-state index is -0.742. The molecule has 0 saturated heterocycles. The summed E-state index contributed by atoms with van der Waals surface area (Å²) in [4.78, 5) is 12.6. The molecule has 36 heavy (non-hydrogen) atoms. The Morgan fingerprint density at radius 3 is 2.53 bits per heavy atom. The lowest BCUT2D eigenvalue weighted by Crippen LogP contribution is -2.14. The van der Waals surface area contributed by atoms with E-state index in [2.05, 4.69) is 5.32 Å². The third kappa shape index (κ3) is 5.83. The number of hydrogen-bond acceptors (Lipinski definition) is 4. The van der Waals surface area contributed by atoms with Gasteiger partial charge in [-0.2, -0.15) is 5.26 Å². The van der Waals surface area contributed by atoms with Crippen LogP contribution in [-0.2, 0) is 11.4 Å². The normalized spacial score (nSPS) is 11.1. The van der Waals surface area contributed by atoms with Gasteiger partial charge < -0.3 is 14.8 Å².